The van der Waals surface area contributed by atoms with Crippen LogP contribution in [0.5, 0.6) is 0 Å². The van der Waals surface area contributed by atoms with Gasteiger partial charge in [-0.1, -0.05) is 0 Å². The van der Waals surface area contributed by atoms with Gasteiger partial charge in [0.05, 0.1) is 23.9 Å². The Morgan fingerprint density at radius 1 is 1.40 bits per heavy atom. The lowest BCUT2D eigenvalue weighted by atomic mass is 10.2. The van der Waals surface area contributed by atoms with E-state index < -0.39 is 17.8 Å². The van der Waals surface area contributed by atoms with Gasteiger partial charge in [0.1, 0.15) is 0 Å². The molecule has 2 rings (SSSR count). The van der Waals surface area contributed by atoms with E-state index in [-0.39, 0.29) is 6.04 Å². The van der Waals surface area contributed by atoms with Crippen LogP contribution in [0.3, 0.4) is 0 Å². The molecule has 1 N–H and O–H groups in total. The third kappa shape index (κ3) is 1.99. The smallest absolute Gasteiger partial charge is 0.391 e. The molecule has 1 fully saturated rings. The Morgan fingerprint density at radius 3 is 2.60 bits per heavy atom. The van der Waals surface area contributed by atoms with Crippen molar-refractivity contribution in [2.45, 2.75) is 37.6 Å². The first-order valence-corrected chi connectivity index (χ1v) is 4.78. The van der Waals surface area contributed by atoms with E-state index in [1.54, 1.807) is 0 Å². The number of nitrogens with zero attached hydrogens (tertiary/aromatic N) is 2. The molecule has 1 aromatic heterocycles. The summed E-state index contributed by atoms with van der Waals surface area (Å²) in [6, 6.07) is -0.305. The lowest BCUT2D eigenvalue weighted by Gasteiger charge is -2.14. The first-order chi connectivity index (χ1) is 6.98. The van der Waals surface area contributed by atoms with Crippen molar-refractivity contribution in [1.82, 2.24) is 9.78 Å². The number of hydrogen-bond donors (Lipinski definition) is 1. The first-order valence-electron chi connectivity index (χ1n) is 4.78. The average molecular weight is 220 g/mol. The van der Waals surface area contributed by atoms with Gasteiger partial charge >= 0.3 is 6.18 Å². The molecule has 1 aliphatic carbocycles. The van der Waals surface area contributed by atoms with Crippen molar-refractivity contribution in [2.75, 3.05) is 0 Å². The molecule has 0 spiro atoms. The number of aliphatic hydroxyl groups excluding tert-OH is 1. The lowest BCUT2D eigenvalue weighted by molar-refractivity contribution is -0.137. The van der Waals surface area contributed by atoms with E-state index in [1.807, 2.05) is 0 Å². The Balaban J connectivity index is 2.20. The highest BCUT2D eigenvalue weighted by molar-refractivity contribution is 5.09. The highest BCUT2D eigenvalue weighted by Crippen LogP contribution is 2.33. The minimum absolute atomic E-state index is 0.305. The van der Waals surface area contributed by atoms with Crippen LogP contribution in [-0.2, 0) is 6.18 Å². The van der Waals surface area contributed by atoms with Crippen LogP contribution in [0.15, 0.2) is 12.4 Å². The van der Waals surface area contributed by atoms with Gasteiger partial charge in [0.25, 0.3) is 0 Å². The van der Waals surface area contributed by atoms with E-state index in [2.05, 4.69) is 5.10 Å². The molecule has 0 amide bonds. The molecule has 84 valence electrons. The molecule has 15 heavy (non-hydrogen) atoms. The molecule has 6 heteroatoms. The van der Waals surface area contributed by atoms with Crippen LogP contribution in [-0.4, -0.2) is 21.0 Å². The lowest BCUT2D eigenvalue weighted by Crippen LogP contribution is -2.18. The largest absolute Gasteiger partial charge is 0.419 e. The molecule has 0 radical (unpaired) electrons. The molecule has 3 nitrogen and oxygen atoms in total. The molecule has 2 atom stereocenters. The Morgan fingerprint density at radius 2 is 2.13 bits per heavy atom. The van der Waals surface area contributed by atoms with Crippen molar-refractivity contribution < 1.29 is 18.3 Å². The van der Waals surface area contributed by atoms with Crippen LogP contribution in [0, 0.1) is 0 Å². The number of rotatable bonds is 1. The maximum Gasteiger partial charge on any atom is 0.419 e. The van der Waals surface area contributed by atoms with Crippen LogP contribution < -0.4 is 0 Å². The summed E-state index contributed by atoms with van der Waals surface area (Å²) < 4.78 is 38.0. The summed E-state index contributed by atoms with van der Waals surface area (Å²) in [5.41, 5.74) is -0.762. The Kier molecular flexibility index (Phi) is 2.46. The maximum atomic E-state index is 12.3. The Labute approximate surface area is 84.5 Å². The number of alkyl halides is 3. The Hall–Kier alpha value is -1.04. The molecule has 0 bridgehead atoms. The summed E-state index contributed by atoms with van der Waals surface area (Å²) in [5, 5.41) is 13.2. The molecular formula is C9H11F3N2O. The van der Waals surface area contributed by atoms with Crippen LogP contribution >= 0.6 is 0 Å². The van der Waals surface area contributed by atoms with Crippen LogP contribution in [0.25, 0.3) is 0 Å². The number of aliphatic hydroxyl groups is 1. The monoisotopic (exact) mass is 220 g/mol. The maximum absolute atomic E-state index is 12.3. The van der Waals surface area contributed by atoms with Crippen LogP contribution in [0.2, 0.25) is 0 Å². The van der Waals surface area contributed by atoms with Crippen molar-refractivity contribution in [3.8, 4) is 0 Å². The third-order valence-corrected chi connectivity index (χ3v) is 2.71. The van der Waals surface area contributed by atoms with E-state index in [0.717, 1.165) is 18.8 Å². The minimum Gasteiger partial charge on any atom is -0.391 e. The van der Waals surface area contributed by atoms with Gasteiger partial charge < -0.3 is 5.11 Å². The Bertz CT molecular complexity index is 347. The summed E-state index contributed by atoms with van der Waals surface area (Å²) in [5.74, 6) is 0. The predicted octanol–water partition coefficient (Wildman–Crippen LogP) is 1.99. The second kappa shape index (κ2) is 3.52. The predicted molar refractivity (Wildman–Crippen MR) is 46.1 cm³/mol. The van der Waals surface area contributed by atoms with Crippen LogP contribution in [0.4, 0.5) is 13.2 Å². The molecule has 0 aliphatic heterocycles. The zero-order valence-electron chi connectivity index (χ0n) is 7.91. The number of aromatic nitrogens is 2. The molecule has 1 saturated carbocycles. The zero-order valence-corrected chi connectivity index (χ0v) is 7.91. The van der Waals surface area contributed by atoms with Gasteiger partial charge in [0.15, 0.2) is 0 Å². The highest BCUT2D eigenvalue weighted by atomic mass is 19.4. The van der Waals surface area contributed by atoms with E-state index >= 15 is 0 Å². The first kappa shape index (κ1) is 10.5. The summed E-state index contributed by atoms with van der Waals surface area (Å²) >= 11 is 0. The van der Waals surface area contributed by atoms with Crippen molar-refractivity contribution >= 4 is 0 Å². The molecule has 0 unspecified atom stereocenters. The molecule has 1 aliphatic rings. The van der Waals surface area contributed by atoms with Crippen molar-refractivity contribution in [3.63, 3.8) is 0 Å². The number of hydrogen-bond acceptors (Lipinski definition) is 2. The van der Waals surface area contributed by atoms with E-state index in [1.165, 1.54) is 4.68 Å². The summed E-state index contributed by atoms with van der Waals surface area (Å²) in [6.45, 7) is 0. The van der Waals surface area contributed by atoms with Crippen LogP contribution in [0.1, 0.15) is 30.9 Å². The van der Waals surface area contributed by atoms with Crippen molar-refractivity contribution in [1.29, 1.82) is 0 Å². The fourth-order valence-electron chi connectivity index (χ4n) is 1.90. The second-order valence-electron chi connectivity index (χ2n) is 3.77. The van der Waals surface area contributed by atoms with E-state index in [4.69, 9.17) is 0 Å². The molecular weight excluding hydrogens is 209 g/mol. The highest BCUT2D eigenvalue weighted by Gasteiger charge is 2.34. The van der Waals surface area contributed by atoms with Gasteiger partial charge in [0, 0.05) is 6.20 Å². The SMILES string of the molecule is O[C@@H]1CCC[C@H]1n1cc(C(F)(F)F)cn1. The van der Waals surface area contributed by atoms with E-state index in [0.29, 0.717) is 12.8 Å². The topological polar surface area (TPSA) is 38.0 Å². The summed E-state index contributed by atoms with van der Waals surface area (Å²) in [6.07, 6.45) is -1.04. The average Bonchev–Trinajstić information content (AvgIpc) is 2.69. The zero-order chi connectivity index (χ0) is 11.1. The van der Waals surface area contributed by atoms with Crippen molar-refractivity contribution in [2.24, 2.45) is 0 Å². The van der Waals surface area contributed by atoms with Gasteiger partial charge in [-0.25, -0.2) is 0 Å². The van der Waals surface area contributed by atoms with E-state index in [9.17, 15) is 18.3 Å². The molecule has 1 aromatic rings. The fraction of sp³-hybridized carbons (Fsp3) is 0.667. The standard InChI is InChI=1S/C9H11F3N2O/c10-9(11,12)6-4-13-14(5-6)7-2-1-3-8(7)15/h4-5,7-8,15H,1-3H2/t7-,8-/m1/s1. The quantitative estimate of drug-likeness (QED) is 0.785. The van der Waals surface area contributed by atoms with Gasteiger partial charge in [-0.15, -0.1) is 0 Å². The summed E-state index contributed by atoms with van der Waals surface area (Å²) in [4.78, 5) is 0. The fourth-order valence-corrected chi connectivity index (χ4v) is 1.90. The molecule has 0 saturated heterocycles. The minimum atomic E-state index is -4.36. The van der Waals surface area contributed by atoms with Gasteiger partial charge in [-0.2, -0.15) is 18.3 Å². The van der Waals surface area contributed by atoms with Crippen molar-refractivity contribution in [3.05, 3.63) is 18.0 Å². The van der Waals surface area contributed by atoms with Gasteiger partial charge in [-0.05, 0) is 19.3 Å². The number of halogens is 3. The van der Waals surface area contributed by atoms with Gasteiger partial charge in [-0.3, -0.25) is 4.68 Å². The molecule has 0 aromatic carbocycles. The normalized spacial score (nSPS) is 27.2. The third-order valence-electron chi connectivity index (χ3n) is 2.71. The van der Waals surface area contributed by atoms with Gasteiger partial charge in [0.2, 0.25) is 0 Å². The second-order valence-corrected chi connectivity index (χ2v) is 3.77. The molecule has 1 heterocycles. The summed E-state index contributed by atoms with van der Waals surface area (Å²) in [7, 11) is 0.